The first kappa shape index (κ1) is 21.7. The van der Waals surface area contributed by atoms with Gasteiger partial charge in [-0.2, -0.15) is 0 Å². The zero-order valence-corrected chi connectivity index (χ0v) is 18.6. The number of nitrogens with zero attached hydrogens (tertiary/aromatic N) is 1. The molecule has 0 aliphatic carbocycles. The van der Waals surface area contributed by atoms with Crippen molar-refractivity contribution in [2.24, 2.45) is 0 Å². The highest BCUT2D eigenvalue weighted by Gasteiger charge is 2.22. The second-order valence-corrected chi connectivity index (χ2v) is 9.40. The van der Waals surface area contributed by atoms with E-state index in [0.29, 0.717) is 36.0 Å². The fraction of sp³-hybridized carbons (Fsp3) is 0.208. The van der Waals surface area contributed by atoms with Crippen LogP contribution >= 0.6 is 0 Å². The molecule has 1 N–H and O–H groups in total. The van der Waals surface area contributed by atoms with Crippen LogP contribution in [0.2, 0.25) is 0 Å². The van der Waals surface area contributed by atoms with E-state index in [9.17, 15) is 13.2 Å². The van der Waals surface area contributed by atoms with Gasteiger partial charge in [-0.15, -0.1) is 0 Å². The number of ether oxygens (including phenoxy) is 2. The van der Waals surface area contributed by atoms with Crippen LogP contribution in [0, 0.1) is 0 Å². The Morgan fingerprint density at radius 2 is 1.66 bits per heavy atom. The molecule has 0 spiro atoms. The van der Waals surface area contributed by atoms with Crippen LogP contribution in [-0.2, 0) is 10.0 Å². The fourth-order valence-corrected chi connectivity index (χ4v) is 4.63. The summed E-state index contributed by atoms with van der Waals surface area (Å²) in [5.74, 6) is 1.04. The Balaban J connectivity index is 1.51. The number of rotatable bonds is 6. The van der Waals surface area contributed by atoms with Crippen LogP contribution in [-0.4, -0.2) is 34.6 Å². The van der Waals surface area contributed by atoms with Crippen molar-refractivity contribution in [3.63, 3.8) is 0 Å². The lowest BCUT2D eigenvalue weighted by Gasteiger charge is -2.22. The van der Waals surface area contributed by atoms with Crippen LogP contribution in [0.5, 0.6) is 11.5 Å². The maximum absolute atomic E-state index is 12.9. The van der Waals surface area contributed by atoms with Gasteiger partial charge in [0.2, 0.25) is 0 Å². The van der Waals surface area contributed by atoms with Crippen molar-refractivity contribution in [1.29, 1.82) is 0 Å². The van der Waals surface area contributed by atoms with E-state index in [2.05, 4.69) is 5.32 Å². The van der Waals surface area contributed by atoms with Crippen LogP contribution < -0.4 is 19.1 Å². The minimum absolute atomic E-state index is 0.185. The molecule has 166 valence electrons. The third-order valence-electron chi connectivity index (χ3n) is 5.29. The van der Waals surface area contributed by atoms with E-state index in [0.717, 1.165) is 5.56 Å². The SMILES string of the molecule is C[C@H](NC(=O)c1cccc(N(C)S(=O)(=O)c2ccccc2)c1)c1ccc2c(c1)OCCO2. The molecule has 0 radical (unpaired) electrons. The number of benzene rings is 3. The number of sulfonamides is 1. The average molecular weight is 453 g/mol. The van der Waals surface area contributed by atoms with Gasteiger partial charge in [0.1, 0.15) is 13.2 Å². The van der Waals surface area contributed by atoms with Crippen molar-refractivity contribution in [3.05, 3.63) is 83.9 Å². The number of amides is 1. The third-order valence-corrected chi connectivity index (χ3v) is 7.09. The Bertz CT molecular complexity index is 1230. The molecule has 3 aromatic rings. The number of carbonyl (C=O) groups is 1. The molecule has 0 unspecified atom stereocenters. The van der Waals surface area contributed by atoms with Crippen molar-refractivity contribution < 1.29 is 22.7 Å². The molecule has 4 rings (SSSR count). The normalized spacial score (nSPS) is 13.8. The monoisotopic (exact) mass is 452 g/mol. The van der Waals surface area contributed by atoms with E-state index in [1.165, 1.54) is 23.5 Å². The van der Waals surface area contributed by atoms with Gasteiger partial charge in [0.05, 0.1) is 16.6 Å². The highest BCUT2D eigenvalue weighted by molar-refractivity contribution is 7.92. The largest absolute Gasteiger partial charge is 0.486 e. The summed E-state index contributed by atoms with van der Waals surface area (Å²) in [7, 11) is -2.26. The number of nitrogens with one attached hydrogen (secondary N) is 1. The number of anilines is 1. The molecule has 3 aromatic carbocycles. The number of hydrogen-bond acceptors (Lipinski definition) is 5. The lowest BCUT2D eigenvalue weighted by Crippen LogP contribution is -2.28. The summed E-state index contributed by atoms with van der Waals surface area (Å²) < 4.78 is 38.1. The maximum atomic E-state index is 12.9. The first-order valence-electron chi connectivity index (χ1n) is 10.2. The van der Waals surface area contributed by atoms with Crippen molar-refractivity contribution in [2.45, 2.75) is 17.9 Å². The molecule has 0 bridgehead atoms. The van der Waals surface area contributed by atoms with Crippen molar-refractivity contribution in [1.82, 2.24) is 5.32 Å². The number of hydrogen-bond donors (Lipinski definition) is 1. The molecule has 0 saturated carbocycles. The van der Waals surface area contributed by atoms with E-state index in [-0.39, 0.29) is 16.8 Å². The first-order valence-corrected chi connectivity index (χ1v) is 11.6. The van der Waals surface area contributed by atoms with Gasteiger partial charge < -0.3 is 14.8 Å². The molecule has 0 aromatic heterocycles. The molecule has 8 heteroatoms. The summed E-state index contributed by atoms with van der Waals surface area (Å²) in [6.07, 6.45) is 0. The molecule has 0 saturated heterocycles. The zero-order valence-electron chi connectivity index (χ0n) is 17.8. The van der Waals surface area contributed by atoms with Gasteiger partial charge in [-0.3, -0.25) is 9.10 Å². The van der Waals surface area contributed by atoms with E-state index in [1.807, 2.05) is 25.1 Å². The van der Waals surface area contributed by atoms with Crippen molar-refractivity contribution >= 4 is 21.6 Å². The first-order chi connectivity index (χ1) is 15.4. The van der Waals surface area contributed by atoms with Crippen molar-refractivity contribution in [2.75, 3.05) is 24.6 Å². The van der Waals surface area contributed by atoms with Gasteiger partial charge in [0.25, 0.3) is 15.9 Å². The fourth-order valence-electron chi connectivity index (χ4n) is 3.42. The molecule has 1 amide bonds. The van der Waals surface area contributed by atoms with Gasteiger partial charge in [-0.1, -0.05) is 30.3 Å². The molecule has 1 heterocycles. The summed E-state index contributed by atoms with van der Waals surface area (Å²) in [5.41, 5.74) is 1.64. The Labute approximate surface area is 187 Å². The van der Waals surface area contributed by atoms with E-state index in [4.69, 9.17) is 9.47 Å². The van der Waals surface area contributed by atoms with Gasteiger partial charge in [-0.25, -0.2) is 8.42 Å². The minimum Gasteiger partial charge on any atom is -0.486 e. The summed E-state index contributed by atoms with van der Waals surface area (Å²) in [6.45, 7) is 2.88. The van der Waals surface area contributed by atoms with Gasteiger partial charge >= 0.3 is 0 Å². The number of carbonyl (C=O) groups excluding carboxylic acids is 1. The summed E-state index contributed by atoms with van der Waals surface area (Å²) in [4.78, 5) is 13.1. The van der Waals surface area contributed by atoms with E-state index >= 15 is 0 Å². The smallest absolute Gasteiger partial charge is 0.264 e. The highest BCUT2D eigenvalue weighted by Crippen LogP contribution is 2.32. The Morgan fingerprint density at radius 3 is 2.41 bits per heavy atom. The topological polar surface area (TPSA) is 84.9 Å². The maximum Gasteiger partial charge on any atom is 0.264 e. The number of fused-ring (bicyclic) bond motifs is 1. The summed E-state index contributed by atoms with van der Waals surface area (Å²) >= 11 is 0. The molecular formula is C24H24N2O5S. The van der Waals surface area contributed by atoms with Gasteiger partial charge in [-0.05, 0) is 55.0 Å². The van der Waals surface area contributed by atoms with Crippen LogP contribution in [0.4, 0.5) is 5.69 Å². The van der Waals surface area contributed by atoms with Gasteiger partial charge in [0, 0.05) is 12.6 Å². The predicted octanol–water partition coefficient (Wildman–Crippen LogP) is 3.77. The standard InChI is InChI=1S/C24H24N2O5S/c1-17(18-11-12-22-23(16-18)31-14-13-30-22)25-24(27)19-7-6-8-20(15-19)26(2)32(28,29)21-9-4-3-5-10-21/h3-12,15-17H,13-14H2,1-2H3,(H,25,27)/t17-/m0/s1. The molecule has 0 fully saturated rings. The third kappa shape index (κ3) is 4.40. The molecular weight excluding hydrogens is 428 g/mol. The quantitative estimate of drug-likeness (QED) is 0.615. The zero-order chi connectivity index (χ0) is 22.7. The lowest BCUT2D eigenvalue weighted by atomic mass is 10.1. The highest BCUT2D eigenvalue weighted by atomic mass is 32.2. The van der Waals surface area contributed by atoms with Crippen LogP contribution in [0.3, 0.4) is 0 Å². The van der Waals surface area contributed by atoms with Gasteiger partial charge in [0.15, 0.2) is 11.5 Å². The molecule has 1 atom stereocenters. The van der Waals surface area contributed by atoms with Crippen LogP contribution in [0.25, 0.3) is 0 Å². The molecule has 1 aliphatic heterocycles. The van der Waals surface area contributed by atoms with Crippen LogP contribution in [0.15, 0.2) is 77.7 Å². The predicted molar refractivity (Wildman–Crippen MR) is 122 cm³/mol. The Kier molecular flexibility index (Phi) is 6.05. The van der Waals surface area contributed by atoms with Crippen LogP contribution in [0.1, 0.15) is 28.9 Å². The second-order valence-electron chi connectivity index (χ2n) is 7.43. The van der Waals surface area contributed by atoms with E-state index in [1.54, 1.807) is 42.5 Å². The minimum atomic E-state index is -3.73. The average Bonchev–Trinajstić information content (AvgIpc) is 2.83. The van der Waals surface area contributed by atoms with E-state index < -0.39 is 10.0 Å². The summed E-state index contributed by atoms with van der Waals surface area (Å²) in [5, 5.41) is 2.95. The Morgan fingerprint density at radius 1 is 0.938 bits per heavy atom. The lowest BCUT2D eigenvalue weighted by molar-refractivity contribution is 0.0939. The van der Waals surface area contributed by atoms with Crippen molar-refractivity contribution in [3.8, 4) is 11.5 Å². The molecule has 32 heavy (non-hydrogen) atoms. The molecule has 7 nitrogen and oxygen atoms in total. The second kappa shape index (κ2) is 8.92. The molecule has 1 aliphatic rings. The summed E-state index contributed by atoms with van der Waals surface area (Å²) in [6, 6.07) is 20.0. The Hall–Kier alpha value is -3.52.